The third kappa shape index (κ3) is 3.63. The maximum absolute atomic E-state index is 12.7. The molecule has 6 nitrogen and oxygen atoms in total. The van der Waals surface area contributed by atoms with Gasteiger partial charge in [-0.3, -0.25) is 0 Å². The second kappa shape index (κ2) is 7.91. The van der Waals surface area contributed by atoms with E-state index in [2.05, 4.69) is 37.7 Å². The molecular formula is C21H24BrN5O. The van der Waals surface area contributed by atoms with Crippen molar-refractivity contribution in [2.75, 3.05) is 18.4 Å². The number of halogens is 1. The van der Waals surface area contributed by atoms with Gasteiger partial charge in [0.1, 0.15) is 11.3 Å². The molecule has 1 saturated heterocycles. The maximum Gasteiger partial charge on any atom is 0.321 e. The quantitative estimate of drug-likeness (QED) is 0.623. The first-order valence-corrected chi connectivity index (χ1v) is 10.5. The summed E-state index contributed by atoms with van der Waals surface area (Å²) in [6, 6.07) is 9.71. The molecule has 3 heterocycles. The second-order valence-corrected chi connectivity index (χ2v) is 8.15. The summed E-state index contributed by atoms with van der Waals surface area (Å²) in [7, 11) is 0. The number of nitrogens with zero attached hydrogens (tertiary/aromatic N) is 4. The number of aryl methyl sites for hydroxylation is 2. The molecule has 1 aliphatic heterocycles. The van der Waals surface area contributed by atoms with Gasteiger partial charge in [0.05, 0.1) is 0 Å². The highest BCUT2D eigenvalue weighted by Gasteiger charge is 2.31. The first-order chi connectivity index (χ1) is 13.6. The van der Waals surface area contributed by atoms with Gasteiger partial charge in [-0.2, -0.15) is 0 Å². The van der Waals surface area contributed by atoms with E-state index in [1.165, 1.54) is 0 Å². The van der Waals surface area contributed by atoms with Crippen LogP contribution in [0.1, 0.15) is 37.1 Å². The van der Waals surface area contributed by atoms with E-state index in [1.54, 1.807) is 0 Å². The van der Waals surface area contributed by atoms with Crippen LogP contribution in [0.25, 0.3) is 11.2 Å². The Kier molecular flexibility index (Phi) is 5.35. The van der Waals surface area contributed by atoms with E-state index in [4.69, 9.17) is 4.98 Å². The van der Waals surface area contributed by atoms with E-state index in [1.807, 2.05) is 48.4 Å². The lowest BCUT2D eigenvalue weighted by Crippen LogP contribution is -2.33. The molecule has 146 valence electrons. The Morgan fingerprint density at radius 1 is 1.36 bits per heavy atom. The number of hydrogen-bond acceptors (Lipinski definition) is 3. The van der Waals surface area contributed by atoms with Gasteiger partial charge in [-0.25, -0.2) is 14.8 Å². The highest BCUT2D eigenvalue weighted by molar-refractivity contribution is 9.10. The molecule has 28 heavy (non-hydrogen) atoms. The molecule has 0 spiro atoms. The fraction of sp³-hybridized carbons (Fsp3) is 0.381. The van der Waals surface area contributed by atoms with E-state index in [0.717, 1.165) is 58.6 Å². The number of anilines is 1. The van der Waals surface area contributed by atoms with Gasteiger partial charge in [0.15, 0.2) is 5.65 Å². The van der Waals surface area contributed by atoms with Crippen molar-refractivity contribution in [3.63, 3.8) is 0 Å². The SMILES string of the molecule is CCCn1c(C2CCN(C(=O)Nc3ccc(Br)c(C)c3)C2)nc2cccnc21. The largest absolute Gasteiger partial charge is 0.324 e. The molecule has 1 atom stereocenters. The molecule has 2 amide bonds. The summed E-state index contributed by atoms with van der Waals surface area (Å²) in [5, 5.41) is 3.02. The zero-order chi connectivity index (χ0) is 19.7. The number of likely N-dealkylation sites (tertiary alicyclic amines) is 1. The molecule has 0 saturated carbocycles. The predicted octanol–water partition coefficient (Wildman–Crippen LogP) is 4.93. The molecule has 3 aromatic rings. The lowest BCUT2D eigenvalue weighted by Gasteiger charge is -2.18. The Morgan fingerprint density at radius 2 is 2.21 bits per heavy atom. The van der Waals surface area contributed by atoms with Crippen molar-refractivity contribution in [1.82, 2.24) is 19.4 Å². The monoisotopic (exact) mass is 441 g/mol. The van der Waals surface area contributed by atoms with Crippen LogP contribution in [-0.4, -0.2) is 38.6 Å². The molecule has 1 unspecified atom stereocenters. The number of urea groups is 1. The maximum atomic E-state index is 12.7. The predicted molar refractivity (Wildman–Crippen MR) is 115 cm³/mol. The number of pyridine rings is 1. The van der Waals surface area contributed by atoms with Gasteiger partial charge in [-0.15, -0.1) is 0 Å². The Labute approximate surface area is 173 Å². The molecule has 0 bridgehead atoms. The zero-order valence-corrected chi connectivity index (χ0v) is 17.7. The van der Waals surface area contributed by atoms with E-state index in [9.17, 15) is 4.79 Å². The summed E-state index contributed by atoms with van der Waals surface area (Å²) in [6.45, 7) is 6.47. The summed E-state index contributed by atoms with van der Waals surface area (Å²) in [6.07, 6.45) is 3.75. The third-order valence-electron chi connectivity index (χ3n) is 5.23. The standard InChI is InChI=1S/C21H24BrN5O/c1-3-10-27-19(25-18-5-4-9-23-20(18)27)15-8-11-26(13-15)21(28)24-16-6-7-17(22)14(2)12-16/h4-7,9,12,15H,3,8,10-11,13H2,1-2H3,(H,24,28). The number of fused-ring (bicyclic) bond motifs is 1. The van der Waals surface area contributed by atoms with Gasteiger partial charge in [0, 0.05) is 41.9 Å². The van der Waals surface area contributed by atoms with E-state index in [-0.39, 0.29) is 11.9 Å². The zero-order valence-electron chi connectivity index (χ0n) is 16.2. The van der Waals surface area contributed by atoms with E-state index < -0.39 is 0 Å². The van der Waals surface area contributed by atoms with E-state index in [0.29, 0.717) is 6.54 Å². The minimum Gasteiger partial charge on any atom is -0.324 e. The fourth-order valence-corrected chi connectivity index (χ4v) is 4.06. The summed E-state index contributed by atoms with van der Waals surface area (Å²) in [5.74, 6) is 1.28. The van der Waals surface area contributed by atoms with Gasteiger partial charge < -0.3 is 14.8 Å². The lowest BCUT2D eigenvalue weighted by molar-refractivity contribution is 0.222. The molecule has 4 rings (SSSR count). The van der Waals surface area contributed by atoms with Crippen LogP contribution in [0.3, 0.4) is 0 Å². The third-order valence-corrected chi connectivity index (χ3v) is 6.12. The number of imidazole rings is 1. The number of carbonyl (C=O) groups excluding carboxylic acids is 1. The van der Waals surface area contributed by atoms with Gasteiger partial charge in [-0.05, 0) is 55.7 Å². The number of hydrogen-bond donors (Lipinski definition) is 1. The summed E-state index contributed by atoms with van der Waals surface area (Å²) in [5.41, 5.74) is 3.78. The fourth-order valence-electron chi connectivity index (χ4n) is 3.81. The Morgan fingerprint density at radius 3 is 3.00 bits per heavy atom. The van der Waals surface area contributed by atoms with Crippen LogP contribution in [0.2, 0.25) is 0 Å². The molecule has 2 aromatic heterocycles. The summed E-state index contributed by atoms with van der Waals surface area (Å²) < 4.78 is 3.26. The number of carbonyl (C=O) groups is 1. The summed E-state index contributed by atoms with van der Waals surface area (Å²) in [4.78, 5) is 24.0. The van der Waals surface area contributed by atoms with Gasteiger partial charge in [0.2, 0.25) is 0 Å². The number of benzene rings is 1. The Hall–Kier alpha value is -2.41. The summed E-state index contributed by atoms with van der Waals surface area (Å²) >= 11 is 3.49. The molecule has 1 N–H and O–H groups in total. The van der Waals surface area contributed by atoms with Crippen molar-refractivity contribution in [1.29, 1.82) is 0 Å². The second-order valence-electron chi connectivity index (χ2n) is 7.29. The van der Waals surface area contributed by atoms with Crippen LogP contribution in [0.4, 0.5) is 10.5 Å². The molecule has 1 fully saturated rings. The van der Waals surface area contributed by atoms with Crippen LogP contribution in [0.5, 0.6) is 0 Å². The van der Waals surface area contributed by atoms with Crippen LogP contribution in [0, 0.1) is 6.92 Å². The van der Waals surface area contributed by atoms with Crippen molar-refractivity contribution in [3.05, 3.63) is 52.4 Å². The lowest BCUT2D eigenvalue weighted by atomic mass is 10.1. The number of aromatic nitrogens is 3. The number of nitrogens with one attached hydrogen (secondary N) is 1. The number of amides is 2. The molecule has 0 aliphatic carbocycles. The van der Waals surface area contributed by atoms with Crippen LogP contribution in [0.15, 0.2) is 41.0 Å². The highest BCUT2D eigenvalue weighted by Crippen LogP contribution is 2.30. The minimum absolute atomic E-state index is 0.0551. The average Bonchev–Trinajstić information content (AvgIpc) is 3.30. The number of rotatable bonds is 4. The molecular weight excluding hydrogens is 418 g/mol. The first kappa shape index (κ1) is 18.9. The first-order valence-electron chi connectivity index (χ1n) is 9.70. The molecule has 7 heteroatoms. The minimum atomic E-state index is -0.0551. The molecule has 0 radical (unpaired) electrons. The van der Waals surface area contributed by atoms with Crippen molar-refractivity contribution < 1.29 is 4.79 Å². The van der Waals surface area contributed by atoms with Crippen LogP contribution >= 0.6 is 15.9 Å². The van der Waals surface area contributed by atoms with Gasteiger partial charge in [0.25, 0.3) is 0 Å². The van der Waals surface area contributed by atoms with Crippen LogP contribution in [-0.2, 0) is 6.54 Å². The highest BCUT2D eigenvalue weighted by atomic mass is 79.9. The van der Waals surface area contributed by atoms with Gasteiger partial charge in [-0.1, -0.05) is 22.9 Å². The topological polar surface area (TPSA) is 63.1 Å². The van der Waals surface area contributed by atoms with Crippen molar-refractivity contribution >= 4 is 38.8 Å². The molecule has 1 aromatic carbocycles. The van der Waals surface area contributed by atoms with Gasteiger partial charge >= 0.3 is 6.03 Å². The van der Waals surface area contributed by atoms with Crippen molar-refractivity contribution in [3.8, 4) is 0 Å². The normalized spacial score (nSPS) is 16.7. The van der Waals surface area contributed by atoms with Crippen molar-refractivity contribution in [2.24, 2.45) is 0 Å². The van der Waals surface area contributed by atoms with E-state index >= 15 is 0 Å². The molecule has 1 aliphatic rings. The Balaban J connectivity index is 1.51. The van der Waals surface area contributed by atoms with Crippen molar-refractivity contribution in [2.45, 2.75) is 39.2 Å². The smallest absolute Gasteiger partial charge is 0.321 e. The average molecular weight is 442 g/mol. The van der Waals surface area contributed by atoms with Crippen LogP contribution < -0.4 is 5.32 Å². The Bertz CT molecular complexity index is 1020.